The van der Waals surface area contributed by atoms with Crippen molar-refractivity contribution in [1.29, 1.82) is 0 Å². The van der Waals surface area contributed by atoms with Gasteiger partial charge in [-0.25, -0.2) is 9.78 Å². The van der Waals surface area contributed by atoms with Gasteiger partial charge < -0.3 is 19.5 Å². The predicted octanol–water partition coefficient (Wildman–Crippen LogP) is 1.25. The largest absolute Gasteiger partial charge is 0.459 e. The van der Waals surface area contributed by atoms with Gasteiger partial charge in [0.2, 0.25) is 0 Å². The molecule has 1 heterocycles. The minimum absolute atomic E-state index is 0.150. The number of benzene rings is 1. The van der Waals surface area contributed by atoms with Gasteiger partial charge in [-0.2, -0.15) is 0 Å². The van der Waals surface area contributed by atoms with E-state index in [1.165, 1.54) is 0 Å². The maximum absolute atomic E-state index is 12.1. The first kappa shape index (κ1) is 17.5. The van der Waals surface area contributed by atoms with Crippen LogP contribution >= 0.6 is 0 Å². The molecule has 0 aliphatic carbocycles. The number of imidazole rings is 1. The van der Waals surface area contributed by atoms with E-state index in [9.17, 15) is 9.59 Å². The molecule has 1 atom stereocenters. The summed E-state index contributed by atoms with van der Waals surface area (Å²) in [6, 6.07) is 7.15. The number of ether oxygens (including phenoxy) is 1. The lowest BCUT2D eigenvalue weighted by Crippen LogP contribution is -2.37. The second kappa shape index (κ2) is 7.63. The number of carbonyl (C=O) groups excluding carboxylic acids is 2. The summed E-state index contributed by atoms with van der Waals surface area (Å²) in [6.45, 7) is 1.80. The van der Waals surface area contributed by atoms with Crippen LogP contribution in [0.3, 0.4) is 0 Å². The molecule has 1 N–H and O–H groups in total. The Balaban J connectivity index is 2.31. The van der Waals surface area contributed by atoms with Crippen LogP contribution in [-0.4, -0.2) is 42.1 Å². The van der Waals surface area contributed by atoms with Crippen LogP contribution in [0.1, 0.15) is 24.4 Å². The van der Waals surface area contributed by atoms with Crippen LogP contribution in [-0.2, 0) is 21.4 Å². The standard InChI is InChI=1S/C17H22N4O3/c1-5-24-17(23)16(22)19-14(15-18-10-11-21(15)4)12-6-8-13(9-7-12)20(2)3/h6-11,14H,5H2,1-4H3,(H,19,22). The van der Waals surface area contributed by atoms with Crippen LogP contribution in [0.4, 0.5) is 5.69 Å². The molecule has 0 saturated heterocycles. The van der Waals surface area contributed by atoms with Gasteiger partial charge >= 0.3 is 11.9 Å². The van der Waals surface area contributed by atoms with Gasteiger partial charge in [-0.1, -0.05) is 12.1 Å². The Morgan fingerprint density at radius 2 is 1.96 bits per heavy atom. The lowest BCUT2D eigenvalue weighted by Gasteiger charge is -2.20. The number of esters is 1. The maximum Gasteiger partial charge on any atom is 0.396 e. The van der Waals surface area contributed by atoms with Gasteiger partial charge in [0.05, 0.1) is 6.61 Å². The molecule has 1 amide bonds. The van der Waals surface area contributed by atoms with E-state index in [0.29, 0.717) is 5.82 Å². The van der Waals surface area contributed by atoms with Crippen molar-refractivity contribution in [1.82, 2.24) is 14.9 Å². The summed E-state index contributed by atoms with van der Waals surface area (Å²) in [4.78, 5) is 30.0. The van der Waals surface area contributed by atoms with Gasteiger partial charge in [-0.15, -0.1) is 0 Å². The van der Waals surface area contributed by atoms with Crippen molar-refractivity contribution in [2.75, 3.05) is 25.6 Å². The Kier molecular flexibility index (Phi) is 5.57. The number of carbonyl (C=O) groups is 2. The highest BCUT2D eigenvalue weighted by Crippen LogP contribution is 2.23. The number of hydrogen-bond donors (Lipinski definition) is 1. The number of nitrogens with zero attached hydrogens (tertiary/aromatic N) is 3. The molecule has 2 aromatic rings. The van der Waals surface area contributed by atoms with E-state index < -0.39 is 17.9 Å². The van der Waals surface area contributed by atoms with Crippen LogP contribution in [0, 0.1) is 0 Å². The molecule has 24 heavy (non-hydrogen) atoms. The number of nitrogens with one attached hydrogen (secondary N) is 1. The Morgan fingerprint density at radius 3 is 2.46 bits per heavy atom. The molecular weight excluding hydrogens is 308 g/mol. The second-order valence-corrected chi connectivity index (χ2v) is 5.51. The Bertz CT molecular complexity index is 707. The van der Waals surface area contributed by atoms with E-state index in [4.69, 9.17) is 4.74 Å². The summed E-state index contributed by atoms with van der Waals surface area (Å²) in [6.07, 6.45) is 3.43. The zero-order valence-corrected chi connectivity index (χ0v) is 14.3. The molecule has 0 aliphatic heterocycles. The minimum atomic E-state index is -0.901. The third kappa shape index (κ3) is 3.92. The van der Waals surface area contributed by atoms with E-state index >= 15 is 0 Å². The smallest absolute Gasteiger partial charge is 0.396 e. The maximum atomic E-state index is 12.1. The summed E-state index contributed by atoms with van der Waals surface area (Å²) in [5.74, 6) is -1.06. The van der Waals surface area contributed by atoms with Gasteiger partial charge in [0, 0.05) is 39.2 Å². The fourth-order valence-corrected chi connectivity index (χ4v) is 2.30. The molecule has 1 unspecified atom stereocenters. The average Bonchev–Trinajstić information content (AvgIpc) is 2.98. The number of hydrogen-bond acceptors (Lipinski definition) is 5. The number of anilines is 1. The van der Waals surface area contributed by atoms with Crippen molar-refractivity contribution in [2.24, 2.45) is 7.05 Å². The van der Waals surface area contributed by atoms with E-state index in [-0.39, 0.29) is 6.61 Å². The van der Waals surface area contributed by atoms with E-state index in [0.717, 1.165) is 11.3 Å². The van der Waals surface area contributed by atoms with Gasteiger partial charge in [-0.3, -0.25) is 4.79 Å². The molecule has 2 rings (SSSR count). The molecule has 1 aromatic carbocycles. The highest BCUT2D eigenvalue weighted by Gasteiger charge is 2.25. The van der Waals surface area contributed by atoms with Gasteiger partial charge in [0.1, 0.15) is 11.9 Å². The van der Waals surface area contributed by atoms with Crippen molar-refractivity contribution < 1.29 is 14.3 Å². The van der Waals surface area contributed by atoms with E-state index in [1.807, 2.05) is 50.3 Å². The quantitative estimate of drug-likeness (QED) is 0.660. The lowest BCUT2D eigenvalue weighted by atomic mass is 10.1. The first-order valence-corrected chi connectivity index (χ1v) is 7.66. The summed E-state index contributed by atoms with van der Waals surface area (Å²) in [7, 11) is 5.74. The van der Waals surface area contributed by atoms with Crippen LogP contribution in [0.15, 0.2) is 36.7 Å². The molecule has 0 spiro atoms. The number of aromatic nitrogens is 2. The summed E-state index contributed by atoms with van der Waals surface area (Å²) < 4.78 is 6.56. The summed E-state index contributed by atoms with van der Waals surface area (Å²) in [5, 5.41) is 2.70. The zero-order valence-electron chi connectivity index (χ0n) is 14.3. The normalized spacial score (nSPS) is 11.7. The van der Waals surface area contributed by atoms with Gasteiger partial charge in [-0.05, 0) is 24.6 Å². The molecule has 7 heteroatoms. The SMILES string of the molecule is CCOC(=O)C(=O)NC(c1ccc(N(C)C)cc1)c1nccn1C. The Morgan fingerprint density at radius 1 is 1.29 bits per heavy atom. The van der Waals surface area contributed by atoms with Crippen molar-refractivity contribution in [3.8, 4) is 0 Å². The summed E-state index contributed by atoms with van der Waals surface area (Å²) in [5.41, 5.74) is 1.86. The third-order valence-electron chi connectivity index (χ3n) is 3.60. The Hall–Kier alpha value is -2.83. The molecule has 7 nitrogen and oxygen atoms in total. The number of amides is 1. The topological polar surface area (TPSA) is 76.5 Å². The lowest BCUT2D eigenvalue weighted by molar-refractivity contribution is -0.154. The fraction of sp³-hybridized carbons (Fsp3) is 0.353. The van der Waals surface area contributed by atoms with Crippen molar-refractivity contribution in [2.45, 2.75) is 13.0 Å². The van der Waals surface area contributed by atoms with Crippen LogP contribution in [0.5, 0.6) is 0 Å². The highest BCUT2D eigenvalue weighted by molar-refractivity contribution is 6.32. The minimum Gasteiger partial charge on any atom is -0.459 e. The van der Waals surface area contributed by atoms with Gasteiger partial charge in [0.25, 0.3) is 0 Å². The van der Waals surface area contributed by atoms with E-state index in [1.54, 1.807) is 23.9 Å². The number of aryl methyl sites for hydroxylation is 1. The molecule has 0 bridgehead atoms. The molecule has 128 valence electrons. The number of rotatable bonds is 5. The molecule has 0 fully saturated rings. The van der Waals surface area contributed by atoms with Crippen molar-refractivity contribution in [3.63, 3.8) is 0 Å². The first-order chi connectivity index (χ1) is 11.4. The molecule has 0 saturated carbocycles. The fourth-order valence-electron chi connectivity index (χ4n) is 2.30. The molecule has 0 radical (unpaired) electrons. The zero-order chi connectivity index (χ0) is 17.7. The first-order valence-electron chi connectivity index (χ1n) is 7.66. The van der Waals surface area contributed by atoms with E-state index in [2.05, 4.69) is 10.3 Å². The molecule has 1 aromatic heterocycles. The molecular formula is C17H22N4O3. The molecule has 0 aliphatic rings. The second-order valence-electron chi connectivity index (χ2n) is 5.51. The highest BCUT2D eigenvalue weighted by atomic mass is 16.5. The van der Waals surface area contributed by atoms with Crippen LogP contribution in [0.25, 0.3) is 0 Å². The van der Waals surface area contributed by atoms with Crippen molar-refractivity contribution >= 4 is 17.6 Å². The summed E-state index contributed by atoms with van der Waals surface area (Å²) >= 11 is 0. The van der Waals surface area contributed by atoms with Gasteiger partial charge in [0.15, 0.2) is 0 Å². The Labute approximate surface area is 141 Å². The average molecular weight is 330 g/mol. The van der Waals surface area contributed by atoms with Crippen LogP contribution in [0.2, 0.25) is 0 Å². The van der Waals surface area contributed by atoms with Crippen molar-refractivity contribution in [3.05, 3.63) is 48.0 Å². The monoisotopic (exact) mass is 330 g/mol. The predicted molar refractivity (Wildman–Crippen MR) is 90.6 cm³/mol. The third-order valence-corrected chi connectivity index (χ3v) is 3.60. The van der Waals surface area contributed by atoms with Crippen LogP contribution < -0.4 is 10.2 Å².